The van der Waals surface area contributed by atoms with Crippen molar-refractivity contribution < 1.29 is 48.5 Å². The van der Waals surface area contributed by atoms with Crippen LogP contribution in [0.1, 0.15) is 0 Å². The molecule has 0 radical (unpaired) electrons. The van der Waals surface area contributed by atoms with Gasteiger partial charge in [-0.1, -0.05) is 30.3 Å². The first-order valence-electron chi connectivity index (χ1n) is 3.28. The maximum Gasteiger partial charge on any atom is 2.00 e. The van der Waals surface area contributed by atoms with Crippen molar-refractivity contribution >= 4 is 21.5 Å². The van der Waals surface area contributed by atoms with E-state index in [9.17, 15) is 14.4 Å². The smallest absolute Gasteiger partial charge is 0.807 e. The standard InChI is InChI=1S/C6H7O3P.H3O3P.Zn/c7-10(8,9)6-4-2-1-3-5-6;1-4(2)3;/h1-5H,(H2,7,8,9);1-3H;/q;;+2/p-2. The average Bonchev–Trinajstić information content (AvgIpc) is 2.03. The zero-order chi connectivity index (χ0) is 11.2. The Labute approximate surface area is 101 Å². The molecule has 1 aromatic rings. The van der Waals surface area contributed by atoms with E-state index in [0.29, 0.717) is 0 Å². The molecular weight excluding hydrogens is 295 g/mol. The van der Waals surface area contributed by atoms with E-state index < -0.39 is 16.2 Å². The number of hydrogen-bond acceptors (Lipinski definition) is 6. The molecule has 9 heteroatoms. The number of benzene rings is 1. The molecule has 0 unspecified atom stereocenters. The van der Waals surface area contributed by atoms with Crippen molar-refractivity contribution in [3.05, 3.63) is 30.3 Å². The van der Waals surface area contributed by atoms with Crippen molar-refractivity contribution in [3.8, 4) is 0 Å². The monoisotopic (exact) mass is 302 g/mol. The molecule has 1 aromatic carbocycles. The molecule has 0 spiro atoms. The van der Waals surface area contributed by atoms with Gasteiger partial charge in [0.15, 0.2) is 0 Å². The van der Waals surface area contributed by atoms with Gasteiger partial charge in [0.25, 0.3) is 0 Å². The minimum absolute atomic E-state index is 0. The molecule has 0 fully saturated rings. The Hall–Kier alpha value is 0.303. The van der Waals surface area contributed by atoms with Crippen LogP contribution in [0.2, 0.25) is 0 Å². The summed E-state index contributed by atoms with van der Waals surface area (Å²) in [5.41, 5.74) is 0. The Balaban J connectivity index is 0. The van der Waals surface area contributed by atoms with E-state index in [0.717, 1.165) is 0 Å². The Morgan fingerprint density at radius 1 is 1.07 bits per heavy atom. The van der Waals surface area contributed by atoms with Gasteiger partial charge in [0.05, 0.1) is 0 Å². The van der Waals surface area contributed by atoms with Crippen molar-refractivity contribution in [3.63, 3.8) is 0 Å². The molecule has 1 rings (SSSR count). The second kappa shape index (κ2) is 8.45. The molecule has 0 aliphatic carbocycles. The van der Waals surface area contributed by atoms with Gasteiger partial charge in [0.2, 0.25) is 0 Å². The quantitative estimate of drug-likeness (QED) is 0.424. The second-order valence-corrected chi connectivity index (χ2v) is 4.15. The topological polar surface area (TPSA) is 124 Å². The molecule has 3 N–H and O–H groups in total. The van der Waals surface area contributed by atoms with Crippen molar-refractivity contribution in [1.82, 2.24) is 0 Å². The van der Waals surface area contributed by atoms with Crippen LogP contribution in [-0.4, -0.2) is 14.7 Å². The predicted molar refractivity (Wildman–Crippen MR) is 47.3 cm³/mol. The Bertz CT molecular complexity index is 297. The van der Waals surface area contributed by atoms with Crippen LogP contribution in [0, 0.1) is 0 Å². The van der Waals surface area contributed by atoms with Gasteiger partial charge in [-0.15, -0.1) is 0 Å². The molecule has 0 aliphatic rings. The van der Waals surface area contributed by atoms with Crippen LogP contribution >= 0.6 is 16.2 Å². The van der Waals surface area contributed by atoms with Crippen molar-refractivity contribution in [1.29, 1.82) is 0 Å². The molecule has 0 atom stereocenters. The molecule has 0 amide bonds. The maximum atomic E-state index is 10.3. The van der Waals surface area contributed by atoms with Gasteiger partial charge in [-0.25, -0.2) is 0 Å². The SMILES string of the molecule is O=P([O-])([O-])c1ccccc1.OP(O)O.[Zn+2]. The van der Waals surface area contributed by atoms with Gasteiger partial charge in [-0.2, -0.15) is 0 Å². The van der Waals surface area contributed by atoms with Crippen molar-refractivity contribution in [2.45, 2.75) is 0 Å². The van der Waals surface area contributed by atoms with E-state index in [1.54, 1.807) is 6.07 Å². The fraction of sp³-hybridized carbons (Fsp3) is 0. The predicted octanol–water partition coefficient (Wildman–Crippen LogP) is -1.59. The summed E-state index contributed by atoms with van der Waals surface area (Å²) in [7, 11) is -7.14. The van der Waals surface area contributed by atoms with Gasteiger partial charge in [0.1, 0.15) is 0 Å². The van der Waals surface area contributed by atoms with Gasteiger partial charge >= 0.3 is 28.1 Å². The molecular formula is C6H8O6P2Zn. The largest absolute Gasteiger partial charge is 2.00 e. The first-order chi connectivity index (χ1) is 6.34. The van der Waals surface area contributed by atoms with Gasteiger partial charge < -0.3 is 29.0 Å². The van der Waals surface area contributed by atoms with Crippen molar-refractivity contribution in [2.24, 2.45) is 0 Å². The van der Waals surface area contributed by atoms with Crippen LogP contribution < -0.4 is 15.1 Å². The molecule has 0 aliphatic heterocycles. The molecule has 0 heterocycles. The van der Waals surface area contributed by atoms with E-state index in [2.05, 4.69) is 0 Å². The third-order valence-electron chi connectivity index (χ3n) is 1.07. The Morgan fingerprint density at radius 2 is 1.40 bits per heavy atom. The zero-order valence-electron chi connectivity index (χ0n) is 7.55. The third-order valence-corrected chi connectivity index (χ3v) is 2.00. The summed E-state index contributed by atoms with van der Waals surface area (Å²) in [6, 6.07) is 7.23. The van der Waals surface area contributed by atoms with Crippen LogP contribution in [-0.2, 0) is 24.0 Å². The molecule has 0 bridgehead atoms. The normalized spacial score (nSPS) is 10.0. The first kappa shape index (κ1) is 17.7. The van der Waals surface area contributed by atoms with Crippen LogP contribution in [0.15, 0.2) is 30.3 Å². The summed E-state index contributed by atoms with van der Waals surface area (Å²) in [4.78, 5) is 42.3. The fourth-order valence-corrected chi connectivity index (χ4v) is 1.15. The van der Waals surface area contributed by atoms with E-state index in [4.69, 9.17) is 14.7 Å². The number of rotatable bonds is 1. The van der Waals surface area contributed by atoms with E-state index in [1.165, 1.54) is 24.3 Å². The van der Waals surface area contributed by atoms with Crippen LogP contribution in [0.3, 0.4) is 0 Å². The third kappa shape index (κ3) is 10.6. The summed E-state index contributed by atoms with van der Waals surface area (Å²) in [5.74, 6) is 0. The molecule has 6 nitrogen and oxygen atoms in total. The molecule has 0 saturated carbocycles. The first-order valence-corrected chi connectivity index (χ1v) is 6.02. The van der Waals surface area contributed by atoms with Crippen molar-refractivity contribution in [2.75, 3.05) is 0 Å². The van der Waals surface area contributed by atoms with Gasteiger partial charge in [0, 0.05) is 0 Å². The summed E-state index contributed by atoms with van der Waals surface area (Å²) >= 11 is 0. The minimum atomic E-state index is -4.52. The van der Waals surface area contributed by atoms with Crippen LogP contribution in [0.5, 0.6) is 0 Å². The van der Waals surface area contributed by atoms with E-state index in [1.807, 2.05) is 0 Å². The Kier molecular flexibility index (Phi) is 9.97. The maximum absolute atomic E-state index is 10.3. The van der Waals surface area contributed by atoms with Gasteiger partial charge in [-0.05, 0) is 12.9 Å². The zero-order valence-corrected chi connectivity index (χ0v) is 12.3. The Morgan fingerprint density at radius 3 is 1.60 bits per heavy atom. The second-order valence-electron chi connectivity index (χ2n) is 2.10. The molecule has 0 aromatic heterocycles. The minimum Gasteiger partial charge on any atom is -0.807 e. The van der Waals surface area contributed by atoms with E-state index in [-0.39, 0.29) is 24.8 Å². The molecule has 0 saturated heterocycles. The summed E-state index contributed by atoms with van der Waals surface area (Å²) in [6.45, 7) is 0. The van der Waals surface area contributed by atoms with Crippen LogP contribution in [0.4, 0.5) is 0 Å². The molecule has 15 heavy (non-hydrogen) atoms. The summed E-state index contributed by atoms with van der Waals surface area (Å²) < 4.78 is 10.3. The summed E-state index contributed by atoms with van der Waals surface area (Å²) in [6.07, 6.45) is 0. The fourth-order valence-electron chi connectivity index (χ4n) is 0.611. The average molecular weight is 303 g/mol. The van der Waals surface area contributed by atoms with E-state index >= 15 is 0 Å². The summed E-state index contributed by atoms with van der Waals surface area (Å²) in [5, 5.41) is -0.157. The van der Waals surface area contributed by atoms with Gasteiger partial charge in [-0.3, -0.25) is 0 Å². The number of hydrogen-bond donors (Lipinski definition) is 3. The molecule has 80 valence electrons. The van der Waals surface area contributed by atoms with Crippen LogP contribution in [0.25, 0.3) is 0 Å².